The van der Waals surface area contributed by atoms with Crippen molar-refractivity contribution in [3.05, 3.63) is 23.5 Å². The molecule has 2 aromatic heterocycles. The molecule has 0 saturated carbocycles. The van der Waals surface area contributed by atoms with Crippen LogP contribution in [0.4, 0.5) is 0 Å². The lowest BCUT2D eigenvalue weighted by Crippen LogP contribution is -2.51. The smallest absolute Gasteiger partial charge is 0.273 e. The molecule has 2 aliphatic heterocycles. The number of thiazole rings is 1. The van der Waals surface area contributed by atoms with Gasteiger partial charge in [0.15, 0.2) is 0 Å². The summed E-state index contributed by atoms with van der Waals surface area (Å²) >= 11 is 1.50. The van der Waals surface area contributed by atoms with Gasteiger partial charge < -0.3 is 9.64 Å². The highest BCUT2D eigenvalue weighted by Gasteiger charge is 2.33. The van der Waals surface area contributed by atoms with Gasteiger partial charge in [-0.3, -0.25) is 14.4 Å². The maximum Gasteiger partial charge on any atom is 0.273 e. The van der Waals surface area contributed by atoms with Crippen LogP contribution in [0.2, 0.25) is 0 Å². The van der Waals surface area contributed by atoms with Gasteiger partial charge in [0.05, 0.1) is 18.4 Å². The molecule has 146 valence electrons. The average molecular weight is 390 g/mol. The average Bonchev–Trinajstić information content (AvgIpc) is 3.33. The van der Waals surface area contributed by atoms with Gasteiger partial charge in [0.1, 0.15) is 10.7 Å². The second kappa shape index (κ2) is 7.69. The summed E-state index contributed by atoms with van der Waals surface area (Å²) in [7, 11) is 1.88. The SMILES string of the molecule is CC1CN(CC2CCCN2C(=O)c2csc(-c3cnn(C)c3)n2)CC(C)O1. The maximum absolute atomic E-state index is 13.1. The molecule has 0 spiro atoms. The summed E-state index contributed by atoms with van der Waals surface area (Å²) < 4.78 is 7.58. The normalized spacial score (nSPS) is 26.6. The van der Waals surface area contributed by atoms with E-state index >= 15 is 0 Å². The van der Waals surface area contributed by atoms with E-state index in [2.05, 4.69) is 28.8 Å². The van der Waals surface area contributed by atoms with E-state index in [1.54, 1.807) is 10.9 Å². The van der Waals surface area contributed by atoms with Gasteiger partial charge in [-0.1, -0.05) is 0 Å². The van der Waals surface area contributed by atoms with Gasteiger partial charge in [-0.15, -0.1) is 11.3 Å². The fourth-order valence-corrected chi connectivity index (χ4v) is 4.98. The Balaban J connectivity index is 1.44. The van der Waals surface area contributed by atoms with Crippen LogP contribution in [0.1, 0.15) is 37.2 Å². The third-order valence-corrected chi connectivity index (χ3v) is 6.17. The van der Waals surface area contributed by atoms with E-state index in [0.29, 0.717) is 5.69 Å². The van der Waals surface area contributed by atoms with Crippen LogP contribution >= 0.6 is 11.3 Å². The first-order valence-corrected chi connectivity index (χ1v) is 10.5. The Kier molecular flexibility index (Phi) is 5.29. The molecule has 2 saturated heterocycles. The van der Waals surface area contributed by atoms with Crippen molar-refractivity contribution in [1.29, 1.82) is 0 Å². The van der Waals surface area contributed by atoms with Crippen molar-refractivity contribution in [2.24, 2.45) is 7.05 Å². The van der Waals surface area contributed by atoms with E-state index < -0.39 is 0 Å². The Morgan fingerprint density at radius 3 is 2.81 bits per heavy atom. The number of aryl methyl sites for hydroxylation is 1. The first-order chi connectivity index (χ1) is 13.0. The fourth-order valence-electron chi connectivity index (χ4n) is 4.21. The van der Waals surface area contributed by atoms with E-state index in [0.717, 1.165) is 49.6 Å². The maximum atomic E-state index is 13.1. The molecule has 2 aromatic rings. The van der Waals surface area contributed by atoms with E-state index in [1.807, 2.05) is 23.5 Å². The summed E-state index contributed by atoms with van der Waals surface area (Å²) in [5.41, 5.74) is 1.50. The fraction of sp³-hybridized carbons (Fsp3) is 0.632. The van der Waals surface area contributed by atoms with Gasteiger partial charge in [0.25, 0.3) is 5.91 Å². The lowest BCUT2D eigenvalue weighted by Gasteiger charge is -2.38. The van der Waals surface area contributed by atoms with Gasteiger partial charge in [-0.25, -0.2) is 4.98 Å². The molecule has 0 aliphatic carbocycles. The number of amides is 1. The molecule has 8 heteroatoms. The highest BCUT2D eigenvalue weighted by molar-refractivity contribution is 7.13. The van der Waals surface area contributed by atoms with Crippen molar-refractivity contribution in [3.63, 3.8) is 0 Å². The Morgan fingerprint density at radius 2 is 2.11 bits per heavy atom. The van der Waals surface area contributed by atoms with Crippen molar-refractivity contribution in [1.82, 2.24) is 24.6 Å². The van der Waals surface area contributed by atoms with Crippen LogP contribution in [0, 0.1) is 0 Å². The topological polar surface area (TPSA) is 63.5 Å². The van der Waals surface area contributed by atoms with Crippen LogP contribution in [0.25, 0.3) is 10.6 Å². The molecule has 3 atom stereocenters. The second-order valence-corrected chi connectivity index (χ2v) is 8.57. The number of likely N-dealkylation sites (tertiary alicyclic amines) is 1. The molecule has 0 aromatic carbocycles. The third-order valence-electron chi connectivity index (χ3n) is 5.28. The molecule has 1 amide bonds. The molecule has 2 fully saturated rings. The zero-order valence-electron chi connectivity index (χ0n) is 16.2. The highest BCUT2D eigenvalue weighted by Crippen LogP contribution is 2.26. The largest absolute Gasteiger partial charge is 0.373 e. The van der Waals surface area contributed by atoms with Crippen LogP contribution < -0.4 is 0 Å². The number of rotatable bonds is 4. The number of ether oxygens (including phenoxy) is 1. The Morgan fingerprint density at radius 1 is 1.33 bits per heavy atom. The van der Waals surface area contributed by atoms with Crippen molar-refractivity contribution in [3.8, 4) is 10.6 Å². The molecule has 4 rings (SSSR count). The van der Waals surface area contributed by atoms with E-state index in [1.165, 1.54) is 11.3 Å². The highest BCUT2D eigenvalue weighted by atomic mass is 32.1. The molecule has 2 aliphatic rings. The molecule has 27 heavy (non-hydrogen) atoms. The van der Waals surface area contributed by atoms with Crippen molar-refractivity contribution in [2.75, 3.05) is 26.2 Å². The number of aromatic nitrogens is 3. The third kappa shape index (κ3) is 4.07. The number of hydrogen-bond acceptors (Lipinski definition) is 6. The lowest BCUT2D eigenvalue weighted by molar-refractivity contribution is -0.0715. The first-order valence-electron chi connectivity index (χ1n) is 9.63. The number of carbonyl (C=O) groups is 1. The number of hydrogen-bond donors (Lipinski definition) is 0. The first kappa shape index (κ1) is 18.6. The summed E-state index contributed by atoms with van der Waals surface area (Å²) in [6.07, 6.45) is 6.33. The van der Waals surface area contributed by atoms with Gasteiger partial charge in [0, 0.05) is 56.4 Å². The zero-order valence-corrected chi connectivity index (χ0v) is 17.0. The van der Waals surface area contributed by atoms with Gasteiger partial charge in [-0.2, -0.15) is 5.10 Å². The number of carbonyl (C=O) groups excluding carboxylic acids is 1. The molecule has 7 nitrogen and oxygen atoms in total. The quantitative estimate of drug-likeness (QED) is 0.803. The molecular weight excluding hydrogens is 362 g/mol. The van der Waals surface area contributed by atoms with Crippen molar-refractivity contribution < 1.29 is 9.53 Å². The molecule has 4 heterocycles. The van der Waals surface area contributed by atoms with E-state index in [-0.39, 0.29) is 24.2 Å². The van der Waals surface area contributed by atoms with Crippen molar-refractivity contribution in [2.45, 2.75) is 44.9 Å². The standard InChI is InChI=1S/C19H27N5O2S/c1-13-8-23(9-14(2)26-13)11-16-5-4-6-24(16)19(25)17-12-27-18(21-17)15-7-20-22(3)10-15/h7,10,12-14,16H,4-6,8-9,11H2,1-3H3. The Bertz CT molecular complexity index is 794. The molecular formula is C19H27N5O2S. The molecule has 0 N–H and O–H groups in total. The molecule has 3 unspecified atom stereocenters. The summed E-state index contributed by atoms with van der Waals surface area (Å²) in [6.45, 7) is 7.85. The Hall–Kier alpha value is -1.77. The summed E-state index contributed by atoms with van der Waals surface area (Å²) in [5, 5.41) is 6.91. The van der Waals surface area contributed by atoms with Crippen LogP contribution in [0.3, 0.4) is 0 Å². The monoisotopic (exact) mass is 389 g/mol. The van der Waals surface area contributed by atoms with E-state index in [9.17, 15) is 4.79 Å². The lowest BCUT2D eigenvalue weighted by atomic mass is 10.1. The van der Waals surface area contributed by atoms with Crippen LogP contribution in [0.5, 0.6) is 0 Å². The molecule has 0 bridgehead atoms. The van der Waals surface area contributed by atoms with Gasteiger partial charge in [0.2, 0.25) is 0 Å². The number of nitrogens with zero attached hydrogens (tertiary/aromatic N) is 5. The Labute approximate surface area is 163 Å². The van der Waals surface area contributed by atoms with Crippen LogP contribution in [-0.2, 0) is 11.8 Å². The minimum absolute atomic E-state index is 0.0539. The van der Waals surface area contributed by atoms with Gasteiger partial charge >= 0.3 is 0 Å². The van der Waals surface area contributed by atoms with Crippen LogP contribution in [0.15, 0.2) is 17.8 Å². The van der Waals surface area contributed by atoms with E-state index in [4.69, 9.17) is 4.74 Å². The second-order valence-electron chi connectivity index (χ2n) is 7.71. The molecule has 0 radical (unpaired) electrons. The summed E-state index contributed by atoms with van der Waals surface area (Å²) in [4.78, 5) is 22.1. The summed E-state index contributed by atoms with van der Waals surface area (Å²) in [6, 6.07) is 0.263. The predicted molar refractivity (Wildman–Crippen MR) is 105 cm³/mol. The van der Waals surface area contributed by atoms with Gasteiger partial charge in [-0.05, 0) is 26.7 Å². The minimum Gasteiger partial charge on any atom is -0.373 e. The minimum atomic E-state index is 0.0539. The van der Waals surface area contributed by atoms with Crippen molar-refractivity contribution >= 4 is 17.2 Å². The predicted octanol–water partition coefficient (Wildman–Crippen LogP) is 2.26. The van der Waals surface area contributed by atoms with Crippen LogP contribution in [-0.4, -0.2) is 74.9 Å². The number of morpholine rings is 1. The zero-order chi connectivity index (χ0) is 19.0. The summed E-state index contributed by atoms with van der Waals surface area (Å²) in [5.74, 6) is 0.0539.